The molecule has 0 fully saturated rings. The number of fused-ring (bicyclic) bond motifs is 1. The number of amides is 1. The van der Waals surface area contributed by atoms with Crippen molar-refractivity contribution in [2.24, 2.45) is 0 Å². The lowest BCUT2D eigenvalue weighted by Gasteiger charge is -2.06. The molecule has 0 saturated heterocycles. The summed E-state index contributed by atoms with van der Waals surface area (Å²) >= 11 is 0. The maximum atomic E-state index is 12.6. The zero-order chi connectivity index (χ0) is 21.1. The van der Waals surface area contributed by atoms with Crippen LogP contribution in [0.5, 0.6) is 0 Å². The van der Waals surface area contributed by atoms with Crippen molar-refractivity contribution in [1.29, 1.82) is 0 Å². The molecule has 9 heteroatoms. The molecule has 0 aliphatic heterocycles. The zero-order valence-electron chi connectivity index (χ0n) is 16.0. The molecule has 4 rings (SSSR count). The monoisotopic (exact) mass is 403 g/mol. The summed E-state index contributed by atoms with van der Waals surface area (Å²) in [6.07, 6.45) is 0. The largest absolute Gasteiger partial charge is 0.465 e. The molecule has 0 radical (unpaired) electrons. The van der Waals surface area contributed by atoms with Crippen LogP contribution in [0.1, 0.15) is 10.4 Å². The molecule has 30 heavy (non-hydrogen) atoms. The minimum Gasteiger partial charge on any atom is -0.465 e. The summed E-state index contributed by atoms with van der Waals surface area (Å²) in [6.45, 7) is -0.300. The van der Waals surface area contributed by atoms with Crippen LogP contribution in [0.2, 0.25) is 0 Å². The number of hydrogen-bond acceptors (Lipinski definition) is 6. The first kappa shape index (κ1) is 19.1. The third kappa shape index (κ3) is 3.81. The molecule has 0 bridgehead atoms. The first-order chi connectivity index (χ1) is 14.5. The van der Waals surface area contributed by atoms with Gasteiger partial charge in [-0.25, -0.2) is 14.3 Å². The number of rotatable bonds is 5. The van der Waals surface area contributed by atoms with Gasteiger partial charge in [-0.15, -0.1) is 5.10 Å². The van der Waals surface area contributed by atoms with Crippen LogP contribution in [0.25, 0.3) is 16.9 Å². The van der Waals surface area contributed by atoms with Crippen molar-refractivity contribution >= 4 is 23.2 Å². The van der Waals surface area contributed by atoms with Gasteiger partial charge in [0.05, 0.1) is 18.4 Å². The lowest BCUT2D eigenvalue weighted by Crippen LogP contribution is -2.29. The number of carbonyl (C=O) groups excluding carboxylic acids is 2. The maximum Gasteiger partial charge on any atom is 0.367 e. The summed E-state index contributed by atoms with van der Waals surface area (Å²) < 4.78 is 6.86. The number of ether oxygens (including phenoxy) is 1. The summed E-state index contributed by atoms with van der Waals surface area (Å²) in [5.41, 5.74) is 2.00. The van der Waals surface area contributed by atoms with E-state index in [0.29, 0.717) is 22.6 Å². The highest BCUT2D eigenvalue weighted by Gasteiger charge is 2.14. The number of nitrogens with one attached hydrogen (secondary N) is 1. The van der Waals surface area contributed by atoms with Crippen molar-refractivity contribution in [3.8, 4) is 11.3 Å². The predicted molar refractivity (Wildman–Crippen MR) is 109 cm³/mol. The van der Waals surface area contributed by atoms with Crippen molar-refractivity contribution in [1.82, 2.24) is 19.4 Å². The van der Waals surface area contributed by atoms with Gasteiger partial charge in [0.1, 0.15) is 6.54 Å². The fourth-order valence-electron chi connectivity index (χ4n) is 2.95. The van der Waals surface area contributed by atoms with Crippen LogP contribution in [-0.2, 0) is 16.1 Å². The van der Waals surface area contributed by atoms with Gasteiger partial charge in [-0.05, 0) is 30.3 Å². The van der Waals surface area contributed by atoms with E-state index in [-0.39, 0.29) is 6.54 Å². The van der Waals surface area contributed by atoms with Gasteiger partial charge >= 0.3 is 11.7 Å². The van der Waals surface area contributed by atoms with E-state index in [9.17, 15) is 14.4 Å². The van der Waals surface area contributed by atoms with Crippen molar-refractivity contribution in [3.63, 3.8) is 0 Å². The second-order valence-corrected chi connectivity index (χ2v) is 6.42. The number of benzene rings is 2. The Hall–Kier alpha value is -4.27. The Balaban J connectivity index is 1.55. The van der Waals surface area contributed by atoms with Crippen LogP contribution in [0.15, 0.2) is 71.5 Å². The minimum absolute atomic E-state index is 0.300. The van der Waals surface area contributed by atoms with Crippen molar-refractivity contribution in [2.75, 3.05) is 12.4 Å². The van der Waals surface area contributed by atoms with Crippen molar-refractivity contribution in [3.05, 3.63) is 82.8 Å². The Morgan fingerprint density at radius 2 is 1.80 bits per heavy atom. The topological polar surface area (TPSA) is 108 Å². The fourth-order valence-corrected chi connectivity index (χ4v) is 2.95. The van der Waals surface area contributed by atoms with Crippen LogP contribution < -0.4 is 11.0 Å². The Bertz CT molecular complexity index is 1290. The minimum atomic E-state index is -0.527. The van der Waals surface area contributed by atoms with Crippen LogP contribution in [0.3, 0.4) is 0 Å². The molecular formula is C21H17N5O4. The number of hydrogen-bond donors (Lipinski definition) is 1. The summed E-state index contributed by atoms with van der Waals surface area (Å²) in [5.74, 6) is -0.978. The van der Waals surface area contributed by atoms with Crippen LogP contribution in [0.4, 0.5) is 5.69 Å². The highest BCUT2D eigenvalue weighted by atomic mass is 16.5. The van der Waals surface area contributed by atoms with E-state index < -0.39 is 17.6 Å². The van der Waals surface area contributed by atoms with Gasteiger partial charge in [0.2, 0.25) is 5.91 Å². The SMILES string of the molecule is COC(=O)c1cccc(NC(=O)Cn2nc3ccc(-c4ccccc4)nn3c2=O)c1. The van der Waals surface area contributed by atoms with Crippen molar-refractivity contribution in [2.45, 2.75) is 6.54 Å². The highest BCUT2D eigenvalue weighted by molar-refractivity contribution is 5.94. The van der Waals surface area contributed by atoms with E-state index in [0.717, 1.165) is 14.8 Å². The van der Waals surface area contributed by atoms with Crippen LogP contribution in [-0.4, -0.2) is 38.4 Å². The van der Waals surface area contributed by atoms with E-state index in [1.807, 2.05) is 30.3 Å². The number of anilines is 1. The normalized spacial score (nSPS) is 10.7. The van der Waals surface area contributed by atoms with Gasteiger partial charge in [-0.2, -0.15) is 9.61 Å². The number of carbonyl (C=O) groups is 2. The van der Waals surface area contributed by atoms with Gasteiger partial charge in [-0.3, -0.25) is 4.79 Å². The van der Waals surface area contributed by atoms with E-state index in [1.165, 1.54) is 13.2 Å². The quantitative estimate of drug-likeness (QED) is 0.511. The molecule has 150 valence electrons. The Kier molecular flexibility index (Phi) is 5.08. The van der Waals surface area contributed by atoms with Gasteiger partial charge in [0, 0.05) is 11.3 Å². The second-order valence-electron chi connectivity index (χ2n) is 6.42. The van der Waals surface area contributed by atoms with E-state index in [4.69, 9.17) is 0 Å². The van der Waals surface area contributed by atoms with Crippen molar-refractivity contribution < 1.29 is 14.3 Å². The average molecular weight is 403 g/mol. The standard InChI is InChI=1S/C21H17N5O4/c1-30-20(28)15-8-5-9-16(12-15)22-19(27)13-25-21(29)26-18(24-25)11-10-17(23-26)14-6-3-2-4-7-14/h2-12H,13H2,1H3,(H,22,27). The van der Waals surface area contributed by atoms with Gasteiger partial charge in [-0.1, -0.05) is 36.4 Å². The molecule has 1 amide bonds. The third-order valence-electron chi connectivity index (χ3n) is 4.37. The lowest BCUT2D eigenvalue weighted by atomic mass is 10.1. The molecular weight excluding hydrogens is 386 g/mol. The fraction of sp³-hybridized carbons (Fsp3) is 0.0952. The third-order valence-corrected chi connectivity index (χ3v) is 4.37. The summed E-state index contributed by atoms with van der Waals surface area (Å²) in [7, 11) is 1.28. The molecule has 2 heterocycles. The molecule has 0 atom stereocenters. The van der Waals surface area contributed by atoms with Crippen LogP contribution in [0, 0.1) is 0 Å². The second kappa shape index (κ2) is 8.00. The summed E-state index contributed by atoms with van der Waals surface area (Å²) in [4.78, 5) is 36.7. The molecule has 0 unspecified atom stereocenters. The molecule has 1 N–H and O–H groups in total. The summed E-state index contributed by atoms with van der Waals surface area (Å²) in [6, 6.07) is 19.2. The zero-order valence-corrected chi connectivity index (χ0v) is 16.0. The molecule has 9 nitrogen and oxygen atoms in total. The van der Waals surface area contributed by atoms with E-state index >= 15 is 0 Å². The molecule has 0 aliphatic rings. The van der Waals surface area contributed by atoms with Gasteiger partial charge in [0.25, 0.3) is 0 Å². The molecule has 2 aromatic heterocycles. The smallest absolute Gasteiger partial charge is 0.367 e. The van der Waals surface area contributed by atoms with Gasteiger partial charge < -0.3 is 10.1 Å². The van der Waals surface area contributed by atoms with Crippen LogP contribution >= 0.6 is 0 Å². The maximum absolute atomic E-state index is 12.6. The molecule has 0 saturated carbocycles. The lowest BCUT2D eigenvalue weighted by molar-refractivity contribution is -0.117. The molecule has 0 aliphatic carbocycles. The number of esters is 1. The number of nitrogens with zero attached hydrogens (tertiary/aromatic N) is 4. The Morgan fingerprint density at radius 1 is 1.00 bits per heavy atom. The highest BCUT2D eigenvalue weighted by Crippen LogP contribution is 2.15. The first-order valence-corrected chi connectivity index (χ1v) is 9.06. The Labute approximate surface area is 170 Å². The summed E-state index contributed by atoms with van der Waals surface area (Å²) in [5, 5.41) is 11.1. The van der Waals surface area contributed by atoms with E-state index in [1.54, 1.807) is 30.3 Å². The van der Waals surface area contributed by atoms with Gasteiger partial charge in [0.15, 0.2) is 5.65 Å². The van der Waals surface area contributed by atoms with E-state index in [2.05, 4.69) is 20.3 Å². The first-order valence-electron chi connectivity index (χ1n) is 9.06. The predicted octanol–water partition coefficient (Wildman–Crippen LogP) is 1.98. The Morgan fingerprint density at radius 3 is 2.57 bits per heavy atom. The number of aromatic nitrogens is 4. The molecule has 0 spiro atoms. The molecule has 2 aromatic carbocycles. The molecule has 4 aromatic rings. The number of methoxy groups -OCH3 is 1. The average Bonchev–Trinajstić information content (AvgIpc) is 3.08.